The minimum Gasteiger partial charge on any atom is -0.445 e. The quantitative estimate of drug-likeness (QED) is 0.829. The minimum absolute atomic E-state index is 0.00175. The van der Waals surface area contributed by atoms with E-state index in [-0.39, 0.29) is 11.0 Å². The smallest absolute Gasteiger partial charge is 0.199 e. The molecule has 0 amide bonds. The molecule has 0 spiro atoms. The van der Waals surface area contributed by atoms with Gasteiger partial charge in [-0.1, -0.05) is 20.8 Å². The molecule has 1 saturated carbocycles. The van der Waals surface area contributed by atoms with E-state index < -0.39 is 0 Å². The lowest BCUT2D eigenvalue weighted by molar-refractivity contribution is 0.367. The monoisotopic (exact) mass is 208 g/mol. The van der Waals surface area contributed by atoms with Crippen LogP contribution in [0.3, 0.4) is 0 Å². The molecule has 2 rings (SSSR count). The van der Waals surface area contributed by atoms with Crippen LogP contribution in [0.2, 0.25) is 0 Å². The maximum atomic E-state index is 6.02. The average molecular weight is 208 g/mol. The van der Waals surface area contributed by atoms with Crippen LogP contribution in [-0.4, -0.2) is 10.5 Å². The van der Waals surface area contributed by atoms with Crippen LogP contribution in [0.5, 0.6) is 0 Å². The van der Waals surface area contributed by atoms with Crippen molar-refractivity contribution in [3.05, 3.63) is 17.8 Å². The summed E-state index contributed by atoms with van der Waals surface area (Å²) in [5, 5.41) is 0. The fraction of sp³-hybridized carbons (Fsp3) is 0.750. The molecule has 1 aromatic rings. The molecule has 0 atom stereocenters. The first-order chi connectivity index (χ1) is 6.89. The first-order valence-electron chi connectivity index (χ1n) is 5.63. The number of oxazole rings is 1. The van der Waals surface area contributed by atoms with E-state index in [1.165, 1.54) is 0 Å². The van der Waals surface area contributed by atoms with E-state index in [4.69, 9.17) is 10.2 Å². The fourth-order valence-corrected chi connectivity index (χ4v) is 1.55. The Bertz CT molecular complexity index is 345. The first kappa shape index (κ1) is 10.7. The van der Waals surface area contributed by atoms with Crippen molar-refractivity contribution >= 4 is 0 Å². The minimum atomic E-state index is -0.00175. The Morgan fingerprint density at radius 1 is 1.47 bits per heavy atom. The summed E-state index contributed by atoms with van der Waals surface area (Å²) in [6, 6.07) is 0. The van der Waals surface area contributed by atoms with Gasteiger partial charge in [-0.3, -0.25) is 0 Å². The summed E-state index contributed by atoms with van der Waals surface area (Å²) in [6.45, 7) is 6.32. The Kier molecular flexibility index (Phi) is 2.38. The van der Waals surface area contributed by atoms with E-state index in [1.54, 1.807) is 0 Å². The second-order valence-corrected chi connectivity index (χ2v) is 5.74. The van der Waals surface area contributed by atoms with Gasteiger partial charge in [0.1, 0.15) is 5.76 Å². The number of nitrogens with two attached hydrogens (primary N) is 1. The molecule has 0 aliphatic heterocycles. The van der Waals surface area contributed by atoms with Gasteiger partial charge in [0.2, 0.25) is 0 Å². The van der Waals surface area contributed by atoms with E-state index in [0.717, 1.165) is 37.3 Å². The molecule has 84 valence electrons. The molecule has 1 aromatic heterocycles. The average Bonchev–Trinajstić information content (AvgIpc) is 2.66. The van der Waals surface area contributed by atoms with Crippen LogP contribution in [0, 0.1) is 0 Å². The van der Waals surface area contributed by atoms with E-state index in [9.17, 15) is 0 Å². The molecule has 0 radical (unpaired) electrons. The van der Waals surface area contributed by atoms with Crippen molar-refractivity contribution in [1.29, 1.82) is 0 Å². The Hall–Kier alpha value is -0.830. The third-order valence-electron chi connectivity index (χ3n) is 2.96. The van der Waals surface area contributed by atoms with Gasteiger partial charge < -0.3 is 10.2 Å². The van der Waals surface area contributed by atoms with Crippen LogP contribution in [0.25, 0.3) is 0 Å². The highest BCUT2D eigenvalue weighted by atomic mass is 16.4. The van der Waals surface area contributed by atoms with Gasteiger partial charge in [-0.25, -0.2) is 4.98 Å². The van der Waals surface area contributed by atoms with Crippen molar-refractivity contribution in [3.8, 4) is 0 Å². The molecule has 0 aromatic carbocycles. The van der Waals surface area contributed by atoms with E-state index >= 15 is 0 Å². The lowest BCUT2D eigenvalue weighted by atomic mass is 9.97. The Morgan fingerprint density at radius 2 is 2.13 bits per heavy atom. The number of nitrogens with zero attached hydrogens (tertiary/aromatic N) is 1. The van der Waals surface area contributed by atoms with E-state index in [0.29, 0.717) is 0 Å². The zero-order valence-corrected chi connectivity index (χ0v) is 9.84. The first-order valence-corrected chi connectivity index (χ1v) is 5.63. The highest BCUT2D eigenvalue weighted by molar-refractivity contribution is 5.06. The second kappa shape index (κ2) is 3.34. The predicted octanol–water partition coefficient (Wildman–Crippen LogP) is 2.40. The summed E-state index contributed by atoms with van der Waals surface area (Å²) in [5.41, 5.74) is 6.13. The zero-order chi connectivity index (χ0) is 11.1. The summed E-state index contributed by atoms with van der Waals surface area (Å²) in [7, 11) is 0. The highest BCUT2D eigenvalue weighted by Crippen LogP contribution is 2.36. The molecular formula is C12H20N2O. The van der Waals surface area contributed by atoms with Crippen LogP contribution >= 0.6 is 0 Å². The summed E-state index contributed by atoms with van der Waals surface area (Å²) < 4.78 is 5.70. The Balaban J connectivity index is 1.95. The summed E-state index contributed by atoms with van der Waals surface area (Å²) >= 11 is 0. The topological polar surface area (TPSA) is 52.0 Å². The maximum Gasteiger partial charge on any atom is 0.199 e. The third kappa shape index (κ3) is 2.59. The van der Waals surface area contributed by atoms with Crippen molar-refractivity contribution in [3.63, 3.8) is 0 Å². The van der Waals surface area contributed by atoms with Gasteiger partial charge in [-0.15, -0.1) is 0 Å². The van der Waals surface area contributed by atoms with Gasteiger partial charge in [0.15, 0.2) is 5.89 Å². The fourth-order valence-electron chi connectivity index (χ4n) is 1.55. The van der Waals surface area contributed by atoms with E-state index in [2.05, 4.69) is 25.8 Å². The SMILES string of the molecule is CC(C)(C)c1ncc(CCC2(N)CC2)o1. The standard InChI is InChI=1S/C12H20N2O/c1-11(2,3)10-14-8-9(15-10)4-5-12(13)6-7-12/h8H,4-7,13H2,1-3H3. The molecular weight excluding hydrogens is 188 g/mol. The van der Waals surface area contributed by atoms with Gasteiger partial charge in [-0.2, -0.15) is 0 Å². The molecule has 0 bridgehead atoms. The molecule has 1 heterocycles. The summed E-state index contributed by atoms with van der Waals surface area (Å²) in [5.74, 6) is 1.79. The molecule has 0 unspecified atom stereocenters. The summed E-state index contributed by atoms with van der Waals surface area (Å²) in [4.78, 5) is 4.30. The number of hydrogen-bond donors (Lipinski definition) is 1. The van der Waals surface area contributed by atoms with Gasteiger partial charge in [-0.05, 0) is 19.3 Å². The second-order valence-electron chi connectivity index (χ2n) is 5.74. The van der Waals surface area contributed by atoms with Crippen molar-refractivity contribution in [1.82, 2.24) is 4.98 Å². The van der Waals surface area contributed by atoms with Crippen LogP contribution in [-0.2, 0) is 11.8 Å². The van der Waals surface area contributed by atoms with Crippen LogP contribution in [0.4, 0.5) is 0 Å². The lowest BCUT2D eigenvalue weighted by Gasteiger charge is -2.12. The molecule has 1 fully saturated rings. The molecule has 0 saturated heterocycles. The van der Waals surface area contributed by atoms with Gasteiger partial charge in [0.25, 0.3) is 0 Å². The molecule has 15 heavy (non-hydrogen) atoms. The number of aromatic nitrogens is 1. The maximum absolute atomic E-state index is 6.02. The van der Waals surface area contributed by atoms with Crippen molar-refractivity contribution < 1.29 is 4.42 Å². The molecule has 2 N–H and O–H groups in total. The molecule has 1 aliphatic carbocycles. The number of hydrogen-bond acceptors (Lipinski definition) is 3. The third-order valence-corrected chi connectivity index (χ3v) is 2.96. The summed E-state index contributed by atoms with van der Waals surface area (Å²) in [6.07, 6.45) is 6.10. The molecule has 1 aliphatic rings. The Morgan fingerprint density at radius 3 is 2.60 bits per heavy atom. The van der Waals surface area contributed by atoms with Gasteiger partial charge >= 0.3 is 0 Å². The Labute approximate surface area is 91.1 Å². The lowest BCUT2D eigenvalue weighted by Crippen LogP contribution is -2.21. The van der Waals surface area contributed by atoms with Crippen LogP contribution in [0.15, 0.2) is 10.6 Å². The van der Waals surface area contributed by atoms with Crippen molar-refractivity contribution in [2.45, 2.75) is 57.4 Å². The normalized spacial score (nSPS) is 19.2. The van der Waals surface area contributed by atoms with Crippen molar-refractivity contribution in [2.75, 3.05) is 0 Å². The van der Waals surface area contributed by atoms with E-state index in [1.807, 2.05) is 6.20 Å². The largest absolute Gasteiger partial charge is 0.445 e. The zero-order valence-electron chi connectivity index (χ0n) is 9.84. The van der Waals surface area contributed by atoms with Gasteiger partial charge in [0, 0.05) is 17.4 Å². The number of aryl methyl sites for hydroxylation is 1. The predicted molar refractivity (Wildman–Crippen MR) is 59.7 cm³/mol. The number of rotatable bonds is 3. The molecule has 3 nitrogen and oxygen atoms in total. The van der Waals surface area contributed by atoms with Crippen LogP contribution < -0.4 is 5.73 Å². The highest BCUT2D eigenvalue weighted by Gasteiger charge is 2.37. The van der Waals surface area contributed by atoms with Crippen molar-refractivity contribution in [2.24, 2.45) is 5.73 Å². The molecule has 3 heteroatoms. The van der Waals surface area contributed by atoms with Crippen LogP contribution in [0.1, 0.15) is 51.7 Å². The van der Waals surface area contributed by atoms with Gasteiger partial charge in [0.05, 0.1) is 6.20 Å².